The van der Waals surface area contributed by atoms with E-state index in [2.05, 4.69) is 5.32 Å². The Kier molecular flexibility index (Phi) is 3.82. The molecule has 2 rings (SSSR count). The number of aliphatic hydroxyl groups is 1. The van der Waals surface area contributed by atoms with Crippen molar-refractivity contribution in [1.29, 1.82) is 0 Å². The van der Waals surface area contributed by atoms with Crippen molar-refractivity contribution in [2.75, 3.05) is 6.61 Å². The van der Waals surface area contributed by atoms with Gasteiger partial charge >= 0.3 is 0 Å². The maximum atomic E-state index is 9.35. The minimum Gasteiger partial charge on any atom is -0.396 e. The molecule has 0 aromatic heterocycles. The predicted octanol–water partition coefficient (Wildman–Crippen LogP) is 2.07. The lowest BCUT2D eigenvalue weighted by molar-refractivity contribution is 0.162. The average molecular weight is 197 g/mol. The van der Waals surface area contributed by atoms with E-state index in [9.17, 15) is 5.11 Å². The molecule has 0 aromatic carbocycles. The molecular weight excluding hydrogens is 174 g/mol. The molecule has 14 heavy (non-hydrogen) atoms. The molecule has 82 valence electrons. The zero-order valence-corrected chi connectivity index (χ0v) is 9.04. The van der Waals surface area contributed by atoms with E-state index >= 15 is 0 Å². The summed E-state index contributed by atoms with van der Waals surface area (Å²) in [4.78, 5) is 0. The Labute approximate surface area is 87.1 Å². The van der Waals surface area contributed by atoms with Crippen molar-refractivity contribution in [1.82, 2.24) is 5.32 Å². The summed E-state index contributed by atoms with van der Waals surface area (Å²) in [5.74, 6) is 0.526. The highest BCUT2D eigenvalue weighted by molar-refractivity contribution is 4.85. The van der Waals surface area contributed by atoms with Crippen LogP contribution in [0.3, 0.4) is 0 Å². The van der Waals surface area contributed by atoms with Gasteiger partial charge in [-0.25, -0.2) is 0 Å². The SMILES string of the molecule is OCC1CCCCCC1NC1CCC1. The van der Waals surface area contributed by atoms with Crippen molar-refractivity contribution in [2.45, 2.75) is 63.5 Å². The molecule has 0 radical (unpaired) electrons. The fraction of sp³-hybridized carbons (Fsp3) is 1.00. The smallest absolute Gasteiger partial charge is 0.0474 e. The van der Waals surface area contributed by atoms with Crippen LogP contribution in [-0.4, -0.2) is 23.8 Å². The normalized spacial score (nSPS) is 34.9. The third kappa shape index (κ3) is 2.48. The van der Waals surface area contributed by atoms with Crippen LogP contribution in [0.15, 0.2) is 0 Å². The summed E-state index contributed by atoms with van der Waals surface area (Å²) in [7, 11) is 0. The summed E-state index contributed by atoms with van der Waals surface area (Å²) >= 11 is 0. The molecule has 0 bridgehead atoms. The van der Waals surface area contributed by atoms with Crippen LogP contribution in [-0.2, 0) is 0 Å². The molecule has 2 nitrogen and oxygen atoms in total. The van der Waals surface area contributed by atoms with E-state index < -0.39 is 0 Å². The van der Waals surface area contributed by atoms with E-state index in [1.54, 1.807) is 0 Å². The molecule has 0 heterocycles. The van der Waals surface area contributed by atoms with Crippen molar-refractivity contribution in [3.8, 4) is 0 Å². The van der Waals surface area contributed by atoms with Gasteiger partial charge in [0.2, 0.25) is 0 Å². The van der Waals surface area contributed by atoms with Crippen molar-refractivity contribution in [3.63, 3.8) is 0 Å². The minimum atomic E-state index is 0.379. The molecule has 0 aromatic rings. The molecule has 0 aliphatic heterocycles. The second kappa shape index (κ2) is 5.13. The third-order valence-electron chi connectivity index (χ3n) is 3.95. The molecule has 2 heteroatoms. The van der Waals surface area contributed by atoms with Crippen LogP contribution in [0.5, 0.6) is 0 Å². The van der Waals surface area contributed by atoms with Gasteiger partial charge in [0.15, 0.2) is 0 Å². The fourth-order valence-electron chi connectivity index (χ4n) is 2.70. The van der Waals surface area contributed by atoms with E-state index in [0.29, 0.717) is 18.6 Å². The maximum Gasteiger partial charge on any atom is 0.0474 e. The topological polar surface area (TPSA) is 32.3 Å². The van der Waals surface area contributed by atoms with Gasteiger partial charge in [-0.1, -0.05) is 25.7 Å². The first-order valence-electron chi connectivity index (χ1n) is 6.27. The van der Waals surface area contributed by atoms with Crippen LogP contribution >= 0.6 is 0 Å². The van der Waals surface area contributed by atoms with Gasteiger partial charge in [0, 0.05) is 18.7 Å². The summed E-state index contributed by atoms with van der Waals surface area (Å²) in [5.41, 5.74) is 0. The van der Waals surface area contributed by atoms with Gasteiger partial charge in [0.05, 0.1) is 0 Å². The van der Waals surface area contributed by atoms with Gasteiger partial charge in [-0.15, -0.1) is 0 Å². The minimum absolute atomic E-state index is 0.379. The standard InChI is InChI=1S/C12H23NO/c14-9-10-5-2-1-3-8-12(10)13-11-6-4-7-11/h10-14H,1-9H2. The van der Waals surface area contributed by atoms with E-state index in [4.69, 9.17) is 0 Å². The summed E-state index contributed by atoms with van der Waals surface area (Å²) in [5, 5.41) is 13.1. The van der Waals surface area contributed by atoms with Gasteiger partial charge in [0.25, 0.3) is 0 Å². The van der Waals surface area contributed by atoms with E-state index in [1.165, 1.54) is 51.4 Å². The van der Waals surface area contributed by atoms with Crippen LogP contribution < -0.4 is 5.32 Å². The third-order valence-corrected chi connectivity index (χ3v) is 3.95. The molecule has 2 fully saturated rings. The van der Waals surface area contributed by atoms with Crippen molar-refractivity contribution in [2.24, 2.45) is 5.92 Å². The van der Waals surface area contributed by atoms with Crippen molar-refractivity contribution >= 4 is 0 Å². The Morgan fingerprint density at radius 1 is 0.929 bits per heavy atom. The Balaban J connectivity index is 1.83. The fourth-order valence-corrected chi connectivity index (χ4v) is 2.70. The molecule has 2 unspecified atom stereocenters. The summed E-state index contributed by atoms with van der Waals surface area (Å²) in [6.07, 6.45) is 10.6. The molecule has 0 spiro atoms. The number of nitrogens with one attached hydrogen (secondary N) is 1. The van der Waals surface area contributed by atoms with Gasteiger partial charge < -0.3 is 10.4 Å². The van der Waals surface area contributed by atoms with Crippen LogP contribution in [0, 0.1) is 5.92 Å². The molecule has 2 atom stereocenters. The molecule has 2 saturated carbocycles. The predicted molar refractivity (Wildman–Crippen MR) is 58.2 cm³/mol. The lowest BCUT2D eigenvalue weighted by Crippen LogP contribution is -2.46. The Hall–Kier alpha value is -0.0800. The van der Waals surface area contributed by atoms with E-state index in [0.717, 1.165) is 6.04 Å². The van der Waals surface area contributed by atoms with Crippen LogP contribution in [0.2, 0.25) is 0 Å². The van der Waals surface area contributed by atoms with E-state index in [-0.39, 0.29) is 0 Å². The number of rotatable bonds is 3. The van der Waals surface area contributed by atoms with Gasteiger partial charge in [-0.3, -0.25) is 0 Å². The van der Waals surface area contributed by atoms with Crippen molar-refractivity contribution in [3.05, 3.63) is 0 Å². The van der Waals surface area contributed by atoms with Crippen molar-refractivity contribution < 1.29 is 5.11 Å². The molecular formula is C12H23NO. The van der Waals surface area contributed by atoms with E-state index in [1.807, 2.05) is 0 Å². The zero-order valence-electron chi connectivity index (χ0n) is 9.04. The second-order valence-electron chi connectivity index (χ2n) is 4.98. The molecule has 0 amide bonds. The highest BCUT2D eigenvalue weighted by Crippen LogP contribution is 2.26. The van der Waals surface area contributed by atoms with Crippen LogP contribution in [0.1, 0.15) is 51.4 Å². The highest BCUT2D eigenvalue weighted by atomic mass is 16.3. The monoisotopic (exact) mass is 197 g/mol. The first kappa shape index (κ1) is 10.4. The first-order valence-corrected chi connectivity index (χ1v) is 6.27. The largest absolute Gasteiger partial charge is 0.396 e. The van der Waals surface area contributed by atoms with Crippen LogP contribution in [0.4, 0.5) is 0 Å². The molecule has 0 saturated heterocycles. The number of hydrogen-bond acceptors (Lipinski definition) is 2. The molecule has 2 aliphatic carbocycles. The zero-order chi connectivity index (χ0) is 9.80. The second-order valence-corrected chi connectivity index (χ2v) is 4.98. The maximum absolute atomic E-state index is 9.35. The summed E-state index contributed by atoms with van der Waals surface area (Å²) in [6, 6.07) is 1.37. The van der Waals surface area contributed by atoms with Gasteiger partial charge in [0.1, 0.15) is 0 Å². The quantitative estimate of drug-likeness (QED) is 0.679. The van der Waals surface area contributed by atoms with Crippen LogP contribution in [0.25, 0.3) is 0 Å². The molecule has 2 aliphatic rings. The highest BCUT2D eigenvalue weighted by Gasteiger charge is 2.27. The number of hydrogen-bond donors (Lipinski definition) is 2. The Morgan fingerprint density at radius 3 is 2.36 bits per heavy atom. The lowest BCUT2D eigenvalue weighted by Gasteiger charge is -2.34. The van der Waals surface area contributed by atoms with Gasteiger partial charge in [-0.2, -0.15) is 0 Å². The lowest BCUT2D eigenvalue weighted by atomic mass is 9.89. The summed E-state index contributed by atoms with van der Waals surface area (Å²) in [6.45, 7) is 0.379. The average Bonchev–Trinajstić information content (AvgIpc) is 2.35. The Morgan fingerprint density at radius 2 is 1.71 bits per heavy atom. The first-order chi connectivity index (χ1) is 6.90. The molecule has 2 N–H and O–H groups in total. The Bertz CT molecular complexity index is 168. The van der Waals surface area contributed by atoms with Gasteiger partial charge in [-0.05, 0) is 31.6 Å². The number of aliphatic hydroxyl groups excluding tert-OH is 1. The summed E-state index contributed by atoms with van der Waals surface area (Å²) < 4.78 is 0.